The summed E-state index contributed by atoms with van der Waals surface area (Å²) in [7, 11) is 1.61. The summed E-state index contributed by atoms with van der Waals surface area (Å²) >= 11 is 1.28. The van der Waals surface area contributed by atoms with Crippen molar-refractivity contribution in [2.45, 2.75) is 20.3 Å². The molecule has 0 radical (unpaired) electrons. The zero-order valence-corrected chi connectivity index (χ0v) is 14.0. The highest BCUT2D eigenvalue weighted by molar-refractivity contribution is 7.09. The normalized spacial score (nSPS) is 10.4. The van der Waals surface area contributed by atoms with Crippen LogP contribution in [-0.2, 0) is 6.42 Å². The third kappa shape index (κ3) is 4.07. The molecule has 1 heterocycles. The molecule has 0 bridgehead atoms. The fraction of sp³-hybridized carbons (Fsp3) is 0.312. The monoisotopic (exact) mass is 334 g/mol. The van der Waals surface area contributed by atoms with Gasteiger partial charge in [-0.15, -0.1) is 11.3 Å². The number of methoxy groups -OCH3 is 1. The third-order valence-corrected chi connectivity index (χ3v) is 4.23. The molecule has 23 heavy (non-hydrogen) atoms. The van der Waals surface area contributed by atoms with Crippen LogP contribution in [-0.4, -0.2) is 35.6 Å². The summed E-state index contributed by atoms with van der Waals surface area (Å²) < 4.78 is 5.28. The summed E-state index contributed by atoms with van der Waals surface area (Å²) in [6, 6.07) is 3.57. The molecule has 0 aliphatic heterocycles. The average Bonchev–Trinajstić information content (AvgIpc) is 2.96. The van der Waals surface area contributed by atoms with Gasteiger partial charge in [-0.05, 0) is 37.1 Å². The first-order chi connectivity index (χ1) is 10.9. The Morgan fingerprint density at radius 2 is 1.96 bits per heavy atom. The Morgan fingerprint density at radius 3 is 2.48 bits per heavy atom. The van der Waals surface area contributed by atoms with Gasteiger partial charge in [0.1, 0.15) is 5.75 Å². The van der Waals surface area contributed by atoms with Crippen molar-refractivity contribution in [1.82, 2.24) is 10.3 Å². The maximum absolute atomic E-state index is 12.2. The molecule has 7 heteroatoms. The number of benzene rings is 1. The van der Waals surface area contributed by atoms with Gasteiger partial charge in [-0.1, -0.05) is 0 Å². The molecule has 122 valence electrons. The van der Waals surface area contributed by atoms with Crippen molar-refractivity contribution in [1.29, 1.82) is 0 Å². The minimum absolute atomic E-state index is 0.0396. The van der Waals surface area contributed by atoms with E-state index in [1.807, 2.05) is 13.8 Å². The molecule has 0 spiro atoms. The van der Waals surface area contributed by atoms with Crippen LogP contribution < -0.4 is 10.1 Å². The molecule has 0 aliphatic carbocycles. The quantitative estimate of drug-likeness (QED) is 0.847. The van der Waals surface area contributed by atoms with Crippen LogP contribution in [0.15, 0.2) is 17.5 Å². The first kappa shape index (κ1) is 17.0. The van der Waals surface area contributed by atoms with Crippen molar-refractivity contribution in [3.05, 3.63) is 44.9 Å². The van der Waals surface area contributed by atoms with Gasteiger partial charge in [0.2, 0.25) is 0 Å². The molecule has 2 N–H and O–H groups in total. The zero-order valence-electron chi connectivity index (χ0n) is 13.2. The molecule has 1 aromatic heterocycles. The van der Waals surface area contributed by atoms with Gasteiger partial charge >= 0.3 is 5.97 Å². The molecular weight excluding hydrogens is 316 g/mol. The Hall–Kier alpha value is -2.41. The summed E-state index contributed by atoms with van der Waals surface area (Å²) in [5, 5.41) is 13.8. The predicted octanol–water partition coefficient (Wildman–Crippen LogP) is 2.44. The minimum atomic E-state index is -1.04. The van der Waals surface area contributed by atoms with Crippen LogP contribution in [0.25, 0.3) is 0 Å². The van der Waals surface area contributed by atoms with Crippen molar-refractivity contribution < 1.29 is 19.4 Å². The van der Waals surface area contributed by atoms with Crippen molar-refractivity contribution in [3.63, 3.8) is 0 Å². The van der Waals surface area contributed by atoms with E-state index < -0.39 is 5.97 Å². The lowest BCUT2D eigenvalue weighted by Crippen LogP contribution is -2.26. The molecule has 0 saturated carbocycles. The highest BCUT2D eigenvalue weighted by Gasteiger charge is 2.12. The van der Waals surface area contributed by atoms with E-state index in [1.165, 1.54) is 16.7 Å². The molecular formula is C16H18N2O4S. The minimum Gasteiger partial charge on any atom is -0.496 e. The number of carbonyl (C=O) groups excluding carboxylic acids is 1. The molecule has 0 aliphatic rings. The lowest BCUT2D eigenvalue weighted by molar-refractivity contribution is 0.0690. The Labute approximate surface area is 138 Å². The predicted molar refractivity (Wildman–Crippen MR) is 87.6 cm³/mol. The number of nitrogens with zero attached hydrogens (tertiary/aromatic N) is 1. The average molecular weight is 334 g/mol. The van der Waals surface area contributed by atoms with E-state index in [1.54, 1.807) is 19.2 Å². The number of ether oxygens (including phenoxy) is 1. The third-order valence-electron chi connectivity index (χ3n) is 3.32. The van der Waals surface area contributed by atoms with E-state index in [0.29, 0.717) is 23.5 Å². The van der Waals surface area contributed by atoms with Crippen LogP contribution in [0.4, 0.5) is 0 Å². The Morgan fingerprint density at radius 1 is 1.30 bits per heavy atom. The summed E-state index contributed by atoms with van der Waals surface area (Å²) in [4.78, 5) is 26.9. The van der Waals surface area contributed by atoms with Gasteiger partial charge in [-0.25, -0.2) is 9.78 Å². The number of aryl methyl sites for hydroxylation is 2. The highest BCUT2D eigenvalue weighted by atomic mass is 32.1. The van der Waals surface area contributed by atoms with Gasteiger partial charge in [0.25, 0.3) is 5.91 Å². The van der Waals surface area contributed by atoms with Crippen LogP contribution >= 0.6 is 11.3 Å². The molecule has 2 rings (SSSR count). The lowest BCUT2D eigenvalue weighted by Gasteiger charge is -2.11. The molecule has 1 amide bonds. The Balaban J connectivity index is 1.95. The fourth-order valence-corrected chi connectivity index (χ4v) is 3.08. The van der Waals surface area contributed by atoms with Gasteiger partial charge in [0.15, 0.2) is 5.69 Å². The SMILES string of the molecule is COc1c(C)cc(C(=O)NCCc2nc(C(=O)O)cs2)cc1C. The number of amides is 1. The van der Waals surface area contributed by atoms with E-state index in [0.717, 1.165) is 16.9 Å². The summed E-state index contributed by atoms with van der Waals surface area (Å²) in [5.74, 6) is -0.430. The number of carboxylic acids is 1. The van der Waals surface area contributed by atoms with Gasteiger partial charge in [0, 0.05) is 23.9 Å². The van der Waals surface area contributed by atoms with E-state index in [4.69, 9.17) is 9.84 Å². The second kappa shape index (κ2) is 7.23. The van der Waals surface area contributed by atoms with E-state index in [-0.39, 0.29) is 11.6 Å². The number of thiazole rings is 1. The van der Waals surface area contributed by atoms with Crippen LogP contribution in [0, 0.1) is 13.8 Å². The smallest absolute Gasteiger partial charge is 0.355 e. The molecule has 0 fully saturated rings. The highest BCUT2D eigenvalue weighted by Crippen LogP contribution is 2.24. The number of carboxylic acid groups (broad SMARTS) is 1. The largest absolute Gasteiger partial charge is 0.496 e. The second-order valence-electron chi connectivity index (χ2n) is 5.08. The van der Waals surface area contributed by atoms with Crippen LogP contribution in [0.1, 0.15) is 37.0 Å². The maximum Gasteiger partial charge on any atom is 0.355 e. The molecule has 0 unspecified atom stereocenters. The number of hydrogen-bond acceptors (Lipinski definition) is 5. The number of hydrogen-bond donors (Lipinski definition) is 2. The first-order valence-corrected chi connectivity index (χ1v) is 7.91. The molecule has 0 atom stereocenters. The number of rotatable bonds is 6. The fourth-order valence-electron chi connectivity index (χ4n) is 2.31. The van der Waals surface area contributed by atoms with Crippen LogP contribution in [0.3, 0.4) is 0 Å². The maximum atomic E-state index is 12.2. The van der Waals surface area contributed by atoms with Gasteiger partial charge < -0.3 is 15.2 Å². The van der Waals surface area contributed by atoms with Crippen molar-refractivity contribution >= 4 is 23.2 Å². The molecule has 2 aromatic rings. The van der Waals surface area contributed by atoms with Gasteiger partial charge in [-0.3, -0.25) is 4.79 Å². The summed E-state index contributed by atoms with van der Waals surface area (Å²) in [5.41, 5.74) is 2.43. The van der Waals surface area contributed by atoms with E-state index in [9.17, 15) is 9.59 Å². The van der Waals surface area contributed by atoms with Gasteiger partial charge in [-0.2, -0.15) is 0 Å². The van der Waals surface area contributed by atoms with Gasteiger partial charge in [0.05, 0.1) is 12.1 Å². The molecule has 0 saturated heterocycles. The lowest BCUT2D eigenvalue weighted by atomic mass is 10.1. The Kier molecular flexibility index (Phi) is 5.33. The number of carbonyl (C=O) groups is 2. The summed E-state index contributed by atoms with van der Waals surface area (Å²) in [6.45, 7) is 4.19. The number of aromatic nitrogens is 1. The molecule has 1 aromatic carbocycles. The first-order valence-electron chi connectivity index (χ1n) is 7.03. The van der Waals surface area contributed by atoms with E-state index >= 15 is 0 Å². The second-order valence-corrected chi connectivity index (χ2v) is 6.02. The van der Waals surface area contributed by atoms with Crippen LogP contribution in [0.2, 0.25) is 0 Å². The van der Waals surface area contributed by atoms with Crippen molar-refractivity contribution in [2.24, 2.45) is 0 Å². The van der Waals surface area contributed by atoms with Crippen molar-refractivity contribution in [2.75, 3.05) is 13.7 Å². The van der Waals surface area contributed by atoms with Crippen molar-refractivity contribution in [3.8, 4) is 5.75 Å². The van der Waals surface area contributed by atoms with Crippen LogP contribution in [0.5, 0.6) is 5.75 Å². The Bertz CT molecular complexity index is 716. The summed E-state index contributed by atoms with van der Waals surface area (Å²) in [6.07, 6.45) is 0.498. The van der Waals surface area contributed by atoms with E-state index in [2.05, 4.69) is 10.3 Å². The molecule has 6 nitrogen and oxygen atoms in total. The number of nitrogens with one attached hydrogen (secondary N) is 1. The zero-order chi connectivity index (χ0) is 17.0. The number of aromatic carboxylic acids is 1. The topological polar surface area (TPSA) is 88.5 Å². The standard InChI is InChI=1S/C16H18N2O4S/c1-9-6-11(7-10(2)14(9)22-3)15(19)17-5-4-13-18-12(8-23-13)16(20)21/h6-8H,4-5H2,1-3H3,(H,17,19)(H,20,21).